The fraction of sp³-hybridized carbons (Fsp3) is 0.158. The van der Waals surface area contributed by atoms with E-state index in [4.69, 9.17) is 5.11 Å². The highest BCUT2D eigenvalue weighted by atomic mass is 16.4. The third kappa shape index (κ3) is 3.81. The fourth-order valence-corrected chi connectivity index (χ4v) is 2.66. The molecule has 0 spiro atoms. The molecule has 0 unspecified atom stereocenters. The first-order chi connectivity index (χ1) is 11.6. The SMILES string of the molecule is O=C(O)Cc1ccc(NC(=O)CCn2ccc3ccccc32)cc1. The molecule has 0 aliphatic heterocycles. The van der Waals surface area contributed by atoms with Crippen molar-refractivity contribution < 1.29 is 14.7 Å². The van der Waals surface area contributed by atoms with Crippen LogP contribution in [0.2, 0.25) is 0 Å². The number of benzene rings is 2. The number of carboxylic acid groups (broad SMARTS) is 1. The molecule has 1 amide bonds. The maximum absolute atomic E-state index is 12.1. The van der Waals surface area contributed by atoms with E-state index in [2.05, 4.69) is 9.88 Å². The summed E-state index contributed by atoms with van der Waals surface area (Å²) in [4.78, 5) is 22.7. The largest absolute Gasteiger partial charge is 0.481 e. The minimum atomic E-state index is -0.870. The summed E-state index contributed by atoms with van der Waals surface area (Å²) < 4.78 is 2.06. The summed E-state index contributed by atoms with van der Waals surface area (Å²) >= 11 is 0. The first kappa shape index (κ1) is 15.8. The molecule has 0 aliphatic rings. The zero-order chi connectivity index (χ0) is 16.9. The predicted octanol–water partition coefficient (Wildman–Crippen LogP) is 3.30. The lowest BCUT2D eigenvalue weighted by atomic mass is 10.1. The van der Waals surface area contributed by atoms with E-state index in [0.29, 0.717) is 24.2 Å². The molecule has 5 heteroatoms. The molecule has 1 aromatic heterocycles. The van der Waals surface area contributed by atoms with Crippen LogP contribution in [0.5, 0.6) is 0 Å². The molecule has 2 N–H and O–H groups in total. The van der Waals surface area contributed by atoms with E-state index in [1.165, 1.54) is 0 Å². The Hall–Kier alpha value is -3.08. The minimum Gasteiger partial charge on any atom is -0.481 e. The van der Waals surface area contributed by atoms with Gasteiger partial charge in [0.1, 0.15) is 0 Å². The fourth-order valence-electron chi connectivity index (χ4n) is 2.66. The summed E-state index contributed by atoms with van der Waals surface area (Å²) in [5, 5.41) is 12.7. The second-order valence-electron chi connectivity index (χ2n) is 5.63. The first-order valence-electron chi connectivity index (χ1n) is 7.76. The second kappa shape index (κ2) is 7.00. The number of nitrogens with zero attached hydrogens (tertiary/aromatic N) is 1. The molecule has 0 saturated heterocycles. The Morgan fingerprint density at radius 1 is 1.00 bits per heavy atom. The van der Waals surface area contributed by atoms with Gasteiger partial charge in [-0.05, 0) is 35.2 Å². The topological polar surface area (TPSA) is 71.3 Å². The van der Waals surface area contributed by atoms with Crippen molar-refractivity contribution in [2.75, 3.05) is 5.32 Å². The number of carboxylic acids is 1. The predicted molar refractivity (Wildman–Crippen MR) is 93.0 cm³/mol. The number of carbonyl (C=O) groups is 2. The summed E-state index contributed by atoms with van der Waals surface area (Å²) in [7, 11) is 0. The van der Waals surface area contributed by atoms with Crippen LogP contribution in [0.3, 0.4) is 0 Å². The third-order valence-electron chi connectivity index (χ3n) is 3.85. The highest BCUT2D eigenvalue weighted by Crippen LogP contribution is 2.16. The van der Waals surface area contributed by atoms with Gasteiger partial charge >= 0.3 is 5.97 Å². The maximum atomic E-state index is 12.1. The van der Waals surface area contributed by atoms with Crippen LogP contribution in [0, 0.1) is 0 Å². The monoisotopic (exact) mass is 322 g/mol. The molecule has 1 heterocycles. The van der Waals surface area contributed by atoms with Gasteiger partial charge in [0, 0.05) is 30.4 Å². The number of fused-ring (bicyclic) bond motifs is 1. The van der Waals surface area contributed by atoms with Crippen LogP contribution in [0.1, 0.15) is 12.0 Å². The van der Waals surface area contributed by atoms with Gasteiger partial charge in [-0.1, -0.05) is 30.3 Å². The number of amides is 1. The molecule has 3 rings (SSSR count). The number of rotatable bonds is 6. The van der Waals surface area contributed by atoms with Crippen molar-refractivity contribution in [3.63, 3.8) is 0 Å². The van der Waals surface area contributed by atoms with Crippen molar-refractivity contribution in [1.29, 1.82) is 0 Å². The van der Waals surface area contributed by atoms with E-state index >= 15 is 0 Å². The summed E-state index contributed by atoms with van der Waals surface area (Å²) in [5.74, 6) is -0.940. The van der Waals surface area contributed by atoms with Crippen molar-refractivity contribution in [3.05, 3.63) is 66.4 Å². The number of aliphatic carboxylic acids is 1. The van der Waals surface area contributed by atoms with E-state index in [0.717, 1.165) is 10.9 Å². The summed E-state index contributed by atoms with van der Waals surface area (Å²) in [6.45, 7) is 0.608. The van der Waals surface area contributed by atoms with Crippen molar-refractivity contribution in [3.8, 4) is 0 Å². The average Bonchev–Trinajstić information content (AvgIpc) is 2.98. The molecule has 5 nitrogen and oxygen atoms in total. The number of aromatic nitrogens is 1. The lowest BCUT2D eigenvalue weighted by Gasteiger charge is -2.08. The minimum absolute atomic E-state index is 0.0189. The zero-order valence-electron chi connectivity index (χ0n) is 13.1. The van der Waals surface area contributed by atoms with Crippen LogP contribution in [-0.4, -0.2) is 21.6 Å². The van der Waals surface area contributed by atoms with Gasteiger partial charge in [-0.3, -0.25) is 9.59 Å². The molecule has 0 radical (unpaired) electrons. The molecular weight excluding hydrogens is 304 g/mol. The van der Waals surface area contributed by atoms with Crippen molar-refractivity contribution in [2.24, 2.45) is 0 Å². The number of hydrogen-bond acceptors (Lipinski definition) is 2. The Labute approximate surface area is 139 Å². The zero-order valence-corrected chi connectivity index (χ0v) is 13.1. The number of aryl methyl sites for hydroxylation is 1. The lowest BCUT2D eigenvalue weighted by molar-refractivity contribution is -0.136. The van der Waals surface area contributed by atoms with Gasteiger partial charge in [0.05, 0.1) is 6.42 Å². The van der Waals surface area contributed by atoms with Gasteiger partial charge in [0.15, 0.2) is 0 Å². The van der Waals surface area contributed by atoms with Gasteiger partial charge in [-0.2, -0.15) is 0 Å². The van der Waals surface area contributed by atoms with Crippen LogP contribution >= 0.6 is 0 Å². The number of anilines is 1. The van der Waals surface area contributed by atoms with E-state index in [1.807, 2.05) is 36.5 Å². The molecule has 24 heavy (non-hydrogen) atoms. The lowest BCUT2D eigenvalue weighted by Crippen LogP contribution is -2.14. The van der Waals surface area contributed by atoms with Gasteiger partial charge < -0.3 is 15.0 Å². The normalized spacial score (nSPS) is 10.7. The molecule has 122 valence electrons. The van der Waals surface area contributed by atoms with Crippen molar-refractivity contribution >= 4 is 28.5 Å². The summed E-state index contributed by atoms with van der Waals surface area (Å²) in [6.07, 6.45) is 2.34. The number of nitrogens with one attached hydrogen (secondary N) is 1. The van der Waals surface area contributed by atoms with Crippen LogP contribution in [0.15, 0.2) is 60.8 Å². The molecule has 3 aromatic rings. The molecule has 0 aliphatic carbocycles. The van der Waals surface area contributed by atoms with Gasteiger partial charge in [0.25, 0.3) is 0 Å². The first-order valence-corrected chi connectivity index (χ1v) is 7.76. The van der Waals surface area contributed by atoms with E-state index in [1.54, 1.807) is 24.3 Å². The van der Waals surface area contributed by atoms with Crippen molar-refractivity contribution in [1.82, 2.24) is 4.57 Å². The summed E-state index contributed by atoms with van der Waals surface area (Å²) in [5.41, 5.74) is 2.49. The van der Waals surface area contributed by atoms with Crippen LogP contribution in [0.25, 0.3) is 10.9 Å². The van der Waals surface area contributed by atoms with Crippen LogP contribution < -0.4 is 5.32 Å². The van der Waals surface area contributed by atoms with Crippen molar-refractivity contribution in [2.45, 2.75) is 19.4 Å². The Balaban J connectivity index is 1.56. The maximum Gasteiger partial charge on any atom is 0.307 e. The number of carbonyl (C=O) groups excluding carboxylic acids is 1. The molecular formula is C19H18N2O3. The quantitative estimate of drug-likeness (QED) is 0.731. The highest BCUT2D eigenvalue weighted by Gasteiger charge is 2.06. The Bertz CT molecular complexity index is 866. The molecule has 0 fully saturated rings. The van der Waals surface area contributed by atoms with Gasteiger partial charge in [-0.15, -0.1) is 0 Å². The van der Waals surface area contributed by atoms with Gasteiger partial charge in [-0.25, -0.2) is 0 Å². The highest BCUT2D eigenvalue weighted by molar-refractivity contribution is 5.91. The number of hydrogen-bond donors (Lipinski definition) is 2. The summed E-state index contributed by atoms with van der Waals surface area (Å²) in [6, 6.07) is 17.0. The Morgan fingerprint density at radius 2 is 1.75 bits per heavy atom. The molecule has 0 saturated carbocycles. The second-order valence-corrected chi connectivity index (χ2v) is 5.63. The number of para-hydroxylation sites is 1. The Morgan fingerprint density at radius 3 is 2.50 bits per heavy atom. The Kier molecular flexibility index (Phi) is 4.61. The molecule has 0 bridgehead atoms. The van der Waals surface area contributed by atoms with Crippen LogP contribution in [0.4, 0.5) is 5.69 Å². The average molecular weight is 322 g/mol. The van der Waals surface area contributed by atoms with E-state index in [9.17, 15) is 9.59 Å². The smallest absolute Gasteiger partial charge is 0.307 e. The van der Waals surface area contributed by atoms with Crippen LogP contribution in [-0.2, 0) is 22.6 Å². The van der Waals surface area contributed by atoms with Gasteiger partial charge in [0.2, 0.25) is 5.91 Å². The van der Waals surface area contributed by atoms with E-state index in [-0.39, 0.29) is 12.3 Å². The molecule has 0 atom stereocenters. The molecule has 2 aromatic carbocycles. The van der Waals surface area contributed by atoms with E-state index < -0.39 is 5.97 Å². The standard InChI is InChI=1S/C19H18N2O3/c22-18(20-16-7-5-14(6-8-16)13-19(23)24)10-12-21-11-9-15-3-1-2-4-17(15)21/h1-9,11H,10,12-13H2,(H,20,22)(H,23,24). The third-order valence-corrected chi connectivity index (χ3v) is 3.85.